The molecule has 1 aliphatic heterocycles. The summed E-state index contributed by atoms with van der Waals surface area (Å²) in [4.78, 5) is 28.1. The van der Waals surface area contributed by atoms with Crippen molar-refractivity contribution in [2.75, 3.05) is 13.7 Å². The number of hydrogen-bond donors (Lipinski definition) is 1. The first-order valence-electron chi connectivity index (χ1n) is 9.44. The third-order valence-electron chi connectivity index (χ3n) is 4.91. The minimum atomic E-state index is -0.844. The van der Waals surface area contributed by atoms with Gasteiger partial charge in [-0.1, -0.05) is 36.4 Å². The summed E-state index contributed by atoms with van der Waals surface area (Å²) < 4.78 is 6.87. The number of aromatic nitrogens is 2. The number of amides is 2. The third-order valence-corrected chi connectivity index (χ3v) is 5.80. The molecule has 4 rings (SSSR count). The largest absolute Gasteiger partial charge is 0.467 e. The quantitative estimate of drug-likeness (QED) is 0.669. The number of benzene rings is 1. The van der Waals surface area contributed by atoms with Crippen LogP contribution in [0.4, 0.5) is 4.79 Å². The molecule has 3 aromatic rings. The second-order valence-electron chi connectivity index (χ2n) is 6.81. The van der Waals surface area contributed by atoms with Crippen LogP contribution in [0.25, 0.3) is 10.6 Å². The first kappa shape index (κ1) is 19.2. The number of methoxy groups -OCH3 is 1. The van der Waals surface area contributed by atoms with Crippen LogP contribution in [0.2, 0.25) is 0 Å². The number of carbonyl (C=O) groups excluding carboxylic acids is 2. The van der Waals surface area contributed by atoms with Crippen molar-refractivity contribution >= 4 is 23.3 Å². The lowest BCUT2D eigenvalue weighted by Gasteiger charge is -2.24. The molecule has 2 aromatic heterocycles. The second-order valence-corrected chi connectivity index (χ2v) is 7.76. The number of carbonyl (C=O) groups is 2. The van der Waals surface area contributed by atoms with Gasteiger partial charge in [0.05, 0.1) is 24.2 Å². The average molecular weight is 410 g/mol. The molecule has 0 radical (unpaired) electrons. The van der Waals surface area contributed by atoms with E-state index >= 15 is 0 Å². The Morgan fingerprint density at radius 3 is 2.72 bits per heavy atom. The number of fused-ring (bicyclic) bond motifs is 1. The van der Waals surface area contributed by atoms with E-state index in [1.165, 1.54) is 7.11 Å². The fourth-order valence-corrected chi connectivity index (χ4v) is 4.12. The van der Waals surface area contributed by atoms with Crippen LogP contribution in [-0.2, 0) is 22.6 Å². The summed E-state index contributed by atoms with van der Waals surface area (Å²) in [6, 6.07) is 14.0. The highest BCUT2D eigenvalue weighted by Crippen LogP contribution is 2.26. The van der Waals surface area contributed by atoms with Crippen LogP contribution in [0.1, 0.15) is 23.7 Å². The molecule has 0 saturated heterocycles. The van der Waals surface area contributed by atoms with Crippen LogP contribution in [0.15, 0.2) is 53.9 Å². The molecule has 0 fully saturated rings. The zero-order valence-electron chi connectivity index (χ0n) is 16.1. The van der Waals surface area contributed by atoms with Crippen molar-refractivity contribution in [2.24, 2.45) is 0 Å². The minimum Gasteiger partial charge on any atom is -0.467 e. The smallest absolute Gasteiger partial charge is 0.333 e. The van der Waals surface area contributed by atoms with Crippen LogP contribution in [-0.4, -0.2) is 40.3 Å². The molecule has 0 spiro atoms. The van der Waals surface area contributed by atoms with E-state index in [0.717, 1.165) is 29.2 Å². The SMILES string of the molecule is COC(=O)C(NC(=O)N1CCCn2nc(-c3cccs3)cc2C1)c1ccccc1. The van der Waals surface area contributed by atoms with Gasteiger partial charge in [-0.25, -0.2) is 9.59 Å². The molecule has 1 aromatic carbocycles. The molecule has 0 saturated carbocycles. The average Bonchev–Trinajstić information content (AvgIpc) is 3.38. The lowest BCUT2D eigenvalue weighted by atomic mass is 10.1. The molecular formula is C21H22N4O3S. The molecule has 7 nitrogen and oxygen atoms in total. The summed E-state index contributed by atoms with van der Waals surface area (Å²) in [5.41, 5.74) is 2.59. The zero-order chi connectivity index (χ0) is 20.2. The Hall–Kier alpha value is -3.13. The molecule has 29 heavy (non-hydrogen) atoms. The number of rotatable bonds is 4. The van der Waals surface area contributed by atoms with Crippen molar-refractivity contribution in [1.29, 1.82) is 0 Å². The van der Waals surface area contributed by atoms with Crippen molar-refractivity contribution in [3.63, 3.8) is 0 Å². The molecule has 3 heterocycles. The summed E-state index contributed by atoms with van der Waals surface area (Å²) in [6.07, 6.45) is 0.792. The maximum atomic E-state index is 13.0. The van der Waals surface area contributed by atoms with Crippen LogP contribution < -0.4 is 5.32 Å². The van der Waals surface area contributed by atoms with E-state index in [4.69, 9.17) is 9.84 Å². The Kier molecular flexibility index (Phi) is 5.62. The number of thiophene rings is 1. The molecule has 2 amide bonds. The van der Waals surface area contributed by atoms with Crippen LogP contribution in [0, 0.1) is 0 Å². The molecule has 0 aliphatic carbocycles. The van der Waals surface area contributed by atoms with Gasteiger partial charge in [0, 0.05) is 13.1 Å². The maximum Gasteiger partial charge on any atom is 0.333 e. The Morgan fingerprint density at radius 2 is 2.00 bits per heavy atom. The topological polar surface area (TPSA) is 76.5 Å². The normalized spacial score (nSPS) is 14.6. The maximum absolute atomic E-state index is 13.0. The van der Waals surface area contributed by atoms with Crippen molar-refractivity contribution < 1.29 is 14.3 Å². The Bertz CT molecular complexity index is 985. The highest BCUT2D eigenvalue weighted by molar-refractivity contribution is 7.13. The molecule has 1 atom stereocenters. The Labute approximate surface area is 172 Å². The summed E-state index contributed by atoms with van der Waals surface area (Å²) in [5, 5.41) is 9.55. The van der Waals surface area contributed by atoms with Crippen LogP contribution >= 0.6 is 11.3 Å². The number of ether oxygens (including phenoxy) is 1. The summed E-state index contributed by atoms with van der Waals surface area (Å²) in [7, 11) is 1.32. The van der Waals surface area contributed by atoms with Gasteiger partial charge in [-0.15, -0.1) is 11.3 Å². The second kappa shape index (κ2) is 8.48. The van der Waals surface area contributed by atoms with Gasteiger partial charge in [-0.3, -0.25) is 4.68 Å². The van der Waals surface area contributed by atoms with Gasteiger partial charge in [-0.05, 0) is 29.5 Å². The molecule has 8 heteroatoms. The predicted molar refractivity (Wildman–Crippen MR) is 110 cm³/mol. The van der Waals surface area contributed by atoms with E-state index in [1.807, 2.05) is 46.5 Å². The van der Waals surface area contributed by atoms with Crippen molar-refractivity contribution in [1.82, 2.24) is 20.0 Å². The number of nitrogens with one attached hydrogen (secondary N) is 1. The highest BCUT2D eigenvalue weighted by Gasteiger charge is 2.27. The summed E-state index contributed by atoms with van der Waals surface area (Å²) in [5.74, 6) is -0.496. The van der Waals surface area contributed by atoms with Gasteiger partial charge in [0.25, 0.3) is 0 Å². The fourth-order valence-electron chi connectivity index (χ4n) is 3.44. The first-order chi connectivity index (χ1) is 14.2. The van der Waals surface area contributed by atoms with Gasteiger partial charge in [0.1, 0.15) is 5.69 Å². The zero-order valence-corrected chi connectivity index (χ0v) is 16.9. The van der Waals surface area contributed by atoms with Crippen molar-refractivity contribution in [2.45, 2.75) is 25.6 Å². The number of nitrogens with zero attached hydrogens (tertiary/aromatic N) is 3. The van der Waals surface area contributed by atoms with E-state index in [9.17, 15) is 9.59 Å². The molecule has 1 N–H and O–H groups in total. The Balaban J connectivity index is 1.52. The number of esters is 1. The summed E-state index contributed by atoms with van der Waals surface area (Å²) in [6.45, 7) is 1.78. The number of aryl methyl sites for hydroxylation is 1. The highest BCUT2D eigenvalue weighted by atomic mass is 32.1. The van der Waals surface area contributed by atoms with Gasteiger partial charge >= 0.3 is 12.0 Å². The molecule has 0 bridgehead atoms. The third kappa shape index (κ3) is 4.17. The van der Waals surface area contributed by atoms with Gasteiger partial charge in [0.15, 0.2) is 6.04 Å². The Morgan fingerprint density at radius 1 is 1.17 bits per heavy atom. The predicted octanol–water partition coefficient (Wildman–Crippen LogP) is 3.44. The van der Waals surface area contributed by atoms with E-state index < -0.39 is 12.0 Å². The van der Waals surface area contributed by atoms with Gasteiger partial charge < -0.3 is 15.0 Å². The number of hydrogen-bond acceptors (Lipinski definition) is 5. The lowest BCUT2D eigenvalue weighted by Crippen LogP contribution is -2.43. The van der Waals surface area contributed by atoms with E-state index in [2.05, 4.69) is 5.32 Å². The number of urea groups is 1. The van der Waals surface area contributed by atoms with Crippen molar-refractivity contribution in [3.05, 3.63) is 65.2 Å². The molecule has 1 unspecified atom stereocenters. The monoisotopic (exact) mass is 410 g/mol. The van der Waals surface area contributed by atoms with Gasteiger partial charge in [0.2, 0.25) is 0 Å². The fraction of sp³-hybridized carbons (Fsp3) is 0.286. The van der Waals surface area contributed by atoms with Gasteiger partial charge in [-0.2, -0.15) is 5.10 Å². The van der Waals surface area contributed by atoms with E-state index in [1.54, 1.807) is 28.4 Å². The van der Waals surface area contributed by atoms with Crippen LogP contribution in [0.5, 0.6) is 0 Å². The van der Waals surface area contributed by atoms with Crippen molar-refractivity contribution in [3.8, 4) is 10.6 Å². The molecular weight excluding hydrogens is 388 g/mol. The summed E-state index contributed by atoms with van der Waals surface area (Å²) >= 11 is 1.64. The van der Waals surface area contributed by atoms with Crippen LogP contribution in [0.3, 0.4) is 0 Å². The minimum absolute atomic E-state index is 0.295. The molecule has 1 aliphatic rings. The standard InChI is InChI=1S/C21H22N4O3S/c1-28-20(26)19(15-7-3-2-4-8-15)22-21(27)24-10-6-11-25-16(14-24)13-17(23-25)18-9-5-12-29-18/h2-5,7-9,12-13,19H,6,10-11,14H2,1H3,(H,22,27). The first-order valence-corrected chi connectivity index (χ1v) is 10.3. The van der Waals surface area contributed by atoms with E-state index in [-0.39, 0.29) is 6.03 Å². The lowest BCUT2D eigenvalue weighted by molar-refractivity contribution is -0.143. The molecule has 150 valence electrons. The van der Waals surface area contributed by atoms with E-state index in [0.29, 0.717) is 18.7 Å².